The third kappa shape index (κ3) is 4.36. The molecule has 2 N–H and O–H groups in total. The van der Waals surface area contributed by atoms with E-state index in [1.54, 1.807) is 12.4 Å². The van der Waals surface area contributed by atoms with Crippen LogP contribution >= 0.6 is 0 Å². The fourth-order valence-electron chi connectivity index (χ4n) is 1.63. The highest BCUT2D eigenvalue weighted by Crippen LogP contribution is 2.18. The van der Waals surface area contributed by atoms with Gasteiger partial charge < -0.3 is 5.32 Å². The van der Waals surface area contributed by atoms with Crippen LogP contribution in [0.15, 0.2) is 18.5 Å². The summed E-state index contributed by atoms with van der Waals surface area (Å²) in [5, 5.41) is 3.19. The van der Waals surface area contributed by atoms with Crippen LogP contribution in [-0.2, 0) is 16.6 Å². The van der Waals surface area contributed by atoms with E-state index >= 15 is 0 Å². The van der Waals surface area contributed by atoms with E-state index in [4.69, 9.17) is 0 Å². The van der Waals surface area contributed by atoms with Gasteiger partial charge in [0.05, 0.1) is 5.75 Å². The number of pyridine rings is 1. The Bertz CT molecular complexity index is 498. The second-order valence-corrected chi connectivity index (χ2v) is 6.60. The molecule has 2 rings (SSSR count). The summed E-state index contributed by atoms with van der Waals surface area (Å²) >= 11 is 0. The van der Waals surface area contributed by atoms with E-state index in [0.717, 1.165) is 11.1 Å². The van der Waals surface area contributed by atoms with E-state index in [-0.39, 0.29) is 5.75 Å². The summed E-state index contributed by atoms with van der Waals surface area (Å²) in [6.45, 7) is 2.78. The Morgan fingerprint density at radius 3 is 2.89 bits per heavy atom. The van der Waals surface area contributed by atoms with Gasteiger partial charge in [-0.05, 0) is 37.0 Å². The van der Waals surface area contributed by atoms with Crippen molar-refractivity contribution in [2.75, 3.05) is 12.3 Å². The van der Waals surface area contributed by atoms with Gasteiger partial charge in [0.15, 0.2) is 0 Å². The number of nitrogens with zero attached hydrogens (tertiary/aromatic N) is 1. The number of nitrogens with one attached hydrogen (secondary N) is 2. The van der Waals surface area contributed by atoms with Gasteiger partial charge in [-0.3, -0.25) is 4.98 Å². The van der Waals surface area contributed by atoms with E-state index in [0.29, 0.717) is 19.1 Å². The highest BCUT2D eigenvalue weighted by molar-refractivity contribution is 7.89. The molecule has 1 aliphatic carbocycles. The zero-order chi connectivity index (χ0) is 13.0. The molecule has 0 aliphatic heterocycles. The van der Waals surface area contributed by atoms with Gasteiger partial charge in [-0.25, -0.2) is 13.1 Å². The summed E-state index contributed by atoms with van der Waals surface area (Å²) in [4.78, 5) is 3.99. The second-order valence-electron chi connectivity index (χ2n) is 4.67. The summed E-state index contributed by atoms with van der Waals surface area (Å²) in [7, 11) is -3.20. The van der Waals surface area contributed by atoms with E-state index in [9.17, 15) is 8.42 Å². The van der Waals surface area contributed by atoms with Gasteiger partial charge in [0, 0.05) is 31.5 Å². The summed E-state index contributed by atoms with van der Waals surface area (Å²) in [6, 6.07) is 2.42. The van der Waals surface area contributed by atoms with Gasteiger partial charge in [0.2, 0.25) is 10.0 Å². The Hall–Kier alpha value is -0.980. The summed E-state index contributed by atoms with van der Waals surface area (Å²) in [6.07, 6.45) is 5.73. The highest BCUT2D eigenvalue weighted by atomic mass is 32.2. The molecule has 1 saturated carbocycles. The monoisotopic (exact) mass is 269 g/mol. The first-order valence-electron chi connectivity index (χ1n) is 6.17. The van der Waals surface area contributed by atoms with Crippen LogP contribution in [0, 0.1) is 6.92 Å². The zero-order valence-electron chi connectivity index (χ0n) is 10.5. The van der Waals surface area contributed by atoms with E-state index in [1.165, 1.54) is 12.8 Å². The molecule has 1 aromatic rings. The Kier molecular flexibility index (Phi) is 4.31. The summed E-state index contributed by atoms with van der Waals surface area (Å²) < 4.78 is 26.1. The van der Waals surface area contributed by atoms with Crippen molar-refractivity contribution in [3.8, 4) is 0 Å². The number of hydrogen-bond acceptors (Lipinski definition) is 4. The predicted molar refractivity (Wildman–Crippen MR) is 70.6 cm³/mol. The Morgan fingerprint density at radius 2 is 2.22 bits per heavy atom. The molecule has 1 heterocycles. The van der Waals surface area contributed by atoms with Gasteiger partial charge in [-0.15, -0.1) is 0 Å². The number of aromatic nitrogens is 1. The maximum atomic E-state index is 11.7. The Morgan fingerprint density at radius 1 is 1.44 bits per heavy atom. The van der Waals surface area contributed by atoms with Crippen LogP contribution in [0.3, 0.4) is 0 Å². The Labute approximate surface area is 108 Å². The summed E-state index contributed by atoms with van der Waals surface area (Å²) in [5.74, 6) is 0.128. The van der Waals surface area contributed by atoms with Crippen LogP contribution < -0.4 is 10.0 Å². The van der Waals surface area contributed by atoms with Crippen LogP contribution in [0.25, 0.3) is 0 Å². The van der Waals surface area contributed by atoms with Crippen molar-refractivity contribution >= 4 is 10.0 Å². The molecule has 1 aliphatic rings. The minimum atomic E-state index is -3.20. The molecule has 0 saturated heterocycles. The normalized spacial score (nSPS) is 15.8. The molecule has 0 spiro atoms. The Balaban J connectivity index is 1.78. The first kappa shape index (κ1) is 13.5. The quantitative estimate of drug-likeness (QED) is 0.759. The lowest BCUT2D eigenvalue weighted by atomic mass is 10.2. The van der Waals surface area contributed by atoms with Crippen molar-refractivity contribution in [2.24, 2.45) is 0 Å². The average Bonchev–Trinajstić information content (AvgIpc) is 3.12. The molecule has 5 nitrogen and oxygen atoms in total. The largest absolute Gasteiger partial charge is 0.313 e. The van der Waals surface area contributed by atoms with Gasteiger partial charge >= 0.3 is 0 Å². The molecule has 0 bridgehead atoms. The molecule has 0 atom stereocenters. The van der Waals surface area contributed by atoms with Crippen LogP contribution in [0.2, 0.25) is 0 Å². The standard InChI is InChI=1S/C12H19N3O2S/c1-10-4-5-13-8-11(10)9-15-18(16,17)7-6-14-12-2-3-12/h4-5,8,12,14-15H,2-3,6-7,9H2,1H3. The predicted octanol–water partition coefficient (Wildman–Crippen LogP) is 0.561. The van der Waals surface area contributed by atoms with E-state index in [2.05, 4.69) is 15.0 Å². The lowest BCUT2D eigenvalue weighted by Gasteiger charge is -2.08. The van der Waals surface area contributed by atoms with Gasteiger partial charge in [-0.2, -0.15) is 0 Å². The maximum Gasteiger partial charge on any atom is 0.213 e. The van der Waals surface area contributed by atoms with Crippen LogP contribution in [-0.4, -0.2) is 31.7 Å². The van der Waals surface area contributed by atoms with Crippen molar-refractivity contribution in [2.45, 2.75) is 32.4 Å². The van der Waals surface area contributed by atoms with Crippen molar-refractivity contribution in [3.63, 3.8) is 0 Å². The number of aryl methyl sites for hydroxylation is 1. The minimum absolute atomic E-state index is 0.128. The minimum Gasteiger partial charge on any atom is -0.313 e. The molecule has 100 valence electrons. The van der Waals surface area contributed by atoms with Crippen molar-refractivity contribution < 1.29 is 8.42 Å². The molecule has 0 unspecified atom stereocenters. The van der Waals surface area contributed by atoms with Gasteiger partial charge in [0.1, 0.15) is 0 Å². The topological polar surface area (TPSA) is 71.1 Å². The first-order chi connectivity index (χ1) is 8.57. The SMILES string of the molecule is Cc1ccncc1CNS(=O)(=O)CCNC1CC1. The van der Waals surface area contributed by atoms with Gasteiger partial charge in [-0.1, -0.05) is 0 Å². The molecule has 6 heteroatoms. The molecule has 0 aromatic carbocycles. The van der Waals surface area contributed by atoms with E-state index < -0.39 is 10.0 Å². The molecule has 1 aromatic heterocycles. The highest BCUT2D eigenvalue weighted by Gasteiger charge is 2.21. The van der Waals surface area contributed by atoms with Crippen molar-refractivity contribution in [3.05, 3.63) is 29.6 Å². The zero-order valence-corrected chi connectivity index (χ0v) is 11.3. The number of sulfonamides is 1. The molecule has 0 amide bonds. The third-order valence-electron chi connectivity index (χ3n) is 3.01. The van der Waals surface area contributed by atoms with Crippen LogP contribution in [0.5, 0.6) is 0 Å². The van der Waals surface area contributed by atoms with Crippen LogP contribution in [0.1, 0.15) is 24.0 Å². The lowest BCUT2D eigenvalue weighted by molar-refractivity contribution is 0.576. The molecule has 1 fully saturated rings. The van der Waals surface area contributed by atoms with E-state index in [1.807, 2.05) is 13.0 Å². The lowest BCUT2D eigenvalue weighted by Crippen LogP contribution is -2.32. The molecular formula is C12H19N3O2S. The fourth-order valence-corrected chi connectivity index (χ4v) is 2.53. The van der Waals surface area contributed by atoms with Crippen LogP contribution in [0.4, 0.5) is 0 Å². The third-order valence-corrected chi connectivity index (χ3v) is 4.34. The number of hydrogen-bond donors (Lipinski definition) is 2. The summed E-state index contributed by atoms with van der Waals surface area (Å²) in [5.41, 5.74) is 1.96. The maximum absolute atomic E-state index is 11.7. The van der Waals surface area contributed by atoms with Crippen molar-refractivity contribution in [1.29, 1.82) is 0 Å². The molecular weight excluding hydrogens is 250 g/mol. The molecule has 0 radical (unpaired) electrons. The smallest absolute Gasteiger partial charge is 0.213 e. The number of rotatable bonds is 7. The first-order valence-corrected chi connectivity index (χ1v) is 7.82. The fraction of sp³-hybridized carbons (Fsp3) is 0.583. The van der Waals surface area contributed by atoms with Crippen molar-refractivity contribution in [1.82, 2.24) is 15.0 Å². The molecule has 18 heavy (non-hydrogen) atoms. The average molecular weight is 269 g/mol. The second kappa shape index (κ2) is 5.77. The van der Waals surface area contributed by atoms with Gasteiger partial charge in [0.25, 0.3) is 0 Å².